The molecule has 2 heterocycles. The fourth-order valence-electron chi connectivity index (χ4n) is 3.19. The number of benzene rings is 1. The third kappa shape index (κ3) is 5.07. The minimum atomic E-state index is -0.260. The molecule has 3 rings (SSSR count). The van der Waals surface area contributed by atoms with Gasteiger partial charge in [0.05, 0.1) is 12.6 Å². The second-order valence-electron chi connectivity index (χ2n) is 6.95. The van der Waals surface area contributed by atoms with Crippen LogP contribution in [0.2, 0.25) is 0 Å². The number of piperazine rings is 1. The van der Waals surface area contributed by atoms with Gasteiger partial charge in [-0.2, -0.15) is 4.98 Å². The first-order chi connectivity index (χ1) is 12.9. The maximum Gasteiger partial charge on any atom is 0.254 e. The second kappa shape index (κ2) is 8.22. The molecule has 1 fully saturated rings. The summed E-state index contributed by atoms with van der Waals surface area (Å²) in [6.45, 7) is 7.22. The molecule has 0 spiro atoms. The third-order valence-electron chi connectivity index (χ3n) is 4.76. The van der Waals surface area contributed by atoms with Gasteiger partial charge in [0.25, 0.3) is 5.56 Å². The first-order valence-corrected chi connectivity index (χ1v) is 9.11. The van der Waals surface area contributed by atoms with E-state index in [-0.39, 0.29) is 23.5 Å². The summed E-state index contributed by atoms with van der Waals surface area (Å²) in [5.41, 5.74) is 7.64. The van der Waals surface area contributed by atoms with Crippen LogP contribution in [0.5, 0.6) is 0 Å². The van der Waals surface area contributed by atoms with Gasteiger partial charge in [-0.15, -0.1) is 0 Å². The monoisotopic (exact) mass is 370 g/mol. The Morgan fingerprint density at radius 3 is 2.56 bits per heavy atom. The van der Waals surface area contributed by atoms with E-state index >= 15 is 0 Å². The number of aromatic amines is 1. The van der Waals surface area contributed by atoms with Gasteiger partial charge in [-0.1, -0.05) is 29.8 Å². The average Bonchev–Trinajstić information content (AvgIpc) is 2.62. The smallest absolute Gasteiger partial charge is 0.254 e. The molecule has 1 atom stereocenters. The van der Waals surface area contributed by atoms with Crippen molar-refractivity contribution in [3.63, 3.8) is 0 Å². The van der Waals surface area contributed by atoms with Gasteiger partial charge in [-0.3, -0.25) is 19.5 Å². The van der Waals surface area contributed by atoms with E-state index in [0.29, 0.717) is 25.5 Å². The van der Waals surface area contributed by atoms with Crippen molar-refractivity contribution in [1.29, 1.82) is 0 Å². The van der Waals surface area contributed by atoms with E-state index in [1.54, 1.807) is 0 Å². The summed E-state index contributed by atoms with van der Waals surface area (Å²) in [5.74, 6) is 0.702. The van der Waals surface area contributed by atoms with Crippen molar-refractivity contribution in [3.8, 4) is 0 Å². The van der Waals surface area contributed by atoms with Crippen LogP contribution >= 0.6 is 0 Å². The van der Waals surface area contributed by atoms with Crippen LogP contribution < -0.4 is 21.5 Å². The highest BCUT2D eigenvalue weighted by Gasteiger charge is 2.21. The molecule has 8 nitrogen and oxygen atoms in total. The standard InChI is InChI=1S/C19H26N6O2/c1-13-3-5-15(6-4-13)14(2)21-18(27)12-24-7-9-25(10-8-24)16-11-17(26)23-19(20)22-16/h3-6,11,14H,7-10,12H2,1-2H3,(H,21,27)(H3,20,22,23,26)/t14-/m0/s1. The molecular formula is C19H26N6O2. The number of nitrogens with zero attached hydrogens (tertiary/aromatic N) is 3. The van der Waals surface area contributed by atoms with Gasteiger partial charge in [-0.25, -0.2) is 0 Å². The van der Waals surface area contributed by atoms with E-state index in [1.165, 1.54) is 11.6 Å². The summed E-state index contributed by atoms with van der Waals surface area (Å²) < 4.78 is 0. The van der Waals surface area contributed by atoms with E-state index < -0.39 is 0 Å². The Labute approximate surface area is 158 Å². The first kappa shape index (κ1) is 18.9. The Morgan fingerprint density at radius 2 is 1.93 bits per heavy atom. The summed E-state index contributed by atoms with van der Waals surface area (Å²) in [6.07, 6.45) is 0. The van der Waals surface area contributed by atoms with Gasteiger partial charge < -0.3 is 16.0 Å². The fourth-order valence-corrected chi connectivity index (χ4v) is 3.19. The number of H-pyrrole nitrogens is 1. The predicted molar refractivity (Wildman–Crippen MR) is 106 cm³/mol. The molecule has 1 saturated heterocycles. The van der Waals surface area contributed by atoms with Crippen molar-refractivity contribution in [2.24, 2.45) is 0 Å². The Kier molecular flexibility index (Phi) is 5.75. The van der Waals surface area contributed by atoms with Crippen molar-refractivity contribution in [2.75, 3.05) is 43.4 Å². The summed E-state index contributed by atoms with van der Waals surface area (Å²) in [5, 5.41) is 3.05. The highest BCUT2D eigenvalue weighted by molar-refractivity contribution is 5.78. The highest BCUT2D eigenvalue weighted by Crippen LogP contribution is 2.14. The first-order valence-electron chi connectivity index (χ1n) is 9.11. The van der Waals surface area contributed by atoms with Gasteiger partial charge in [-0.05, 0) is 19.4 Å². The Morgan fingerprint density at radius 1 is 1.26 bits per heavy atom. The molecule has 2 aromatic rings. The van der Waals surface area contributed by atoms with Gasteiger partial charge >= 0.3 is 0 Å². The molecule has 0 aliphatic carbocycles. The molecule has 144 valence electrons. The zero-order valence-electron chi connectivity index (χ0n) is 15.7. The summed E-state index contributed by atoms with van der Waals surface area (Å²) in [7, 11) is 0. The molecule has 27 heavy (non-hydrogen) atoms. The van der Waals surface area contributed by atoms with E-state index in [0.717, 1.165) is 18.7 Å². The number of anilines is 2. The second-order valence-corrected chi connectivity index (χ2v) is 6.95. The number of aromatic nitrogens is 2. The lowest BCUT2D eigenvalue weighted by Gasteiger charge is -2.35. The summed E-state index contributed by atoms with van der Waals surface area (Å²) in [6, 6.07) is 9.60. The van der Waals surface area contributed by atoms with Crippen LogP contribution in [0.15, 0.2) is 35.1 Å². The number of amides is 1. The molecular weight excluding hydrogens is 344 g/mol. The normalized spacial score (nSPS) is 16.1. The minimum absolute atomic E-state index is 0.00931. The lowest BCUT2D eigenvalue weighted by molar-refractivity contribution is -0.123. The molecule has 8 heteroatoms. The number of hydrogen-bond acceptors (Lipinski definition) is 6. The average molecular weight is 370 g/mol. The molecule has 1 aromatic carbocycles. The topological polar surface area (TPSA) is 107 Å². The van der Waals surface area contributed by atoms with Crippen molar-refractivity contribution in [1.82, 2.24) is 20.2 Å². The molecule has 1 aromatic heterocycles. The van der Waals surface area contributed by atoms with Crippen LogP contribution in [0.1, 0.15) is 24.1 Å². The number of rotatable bonds is 5. The third-order valence-corrected chi connectivity index (χ3v) is 4.76. The number of nitrogens with two attached hydrogens (primary N) is 1. The number of hydrogen-bond donors (Lipinski definition) is 3. The maximum atomic E-state index is 12.4. The zero-order valence-corrected chi connectivity index (χ0v) is 15.7. The molecule has 0 bridgehead atoms. The van der Waals surface area contributed by atoms with Crippen molar-refractivity contribution < 1.29 is 4.79 Å². The van der Waals surface area contributed by atoms with E-state index in [2.05, 4.69) is 20.2 Å². The molecule has 0 radical (unpaired) electrons. The van der Waals surface area contributed by atoms with Crippen LogP contribution in [0.3, 0.4) is 0 Å². The van der Waals surface area contributed by atoms with E-state index in [4.69, 9.17) is 5.73 Å². The molecule has 1 amide bonds. The Bertz CT molecular complexity index is 840. The van der Waals surface area contributed by atoms with Crippen molar-refractivity contribution >= 4 is 17.7 Å². The number of nitrogen functional groups attached to an aromatic ring is 1. The number of nitrogens with one attached hydrogen (secondary N) is 2. The quantitative estimate of drug-likeness (QED) is 0.714. The van der Waals surface area contributed by atoms with Crippen LogP contribution in [0, 0.1) is 6.92 Å². The lowest BCUT2D eigenvalue weighted by Crippen LogP contribution is -2.50. The largest absolute Gasteiger partial charge is 0.369 e. The van der Waals surface area contributed by atoms with Gasteiger partial charge in [0.2, 0.25) is 11.9 Å². The zero-order chi connectivity index (χ0) is 19.4. The van der Waals surface area contributed by atoms with E-state index in [9.17, 15) is 9.59 Å². The Balaban J connectivity index is 1.49. The van der Waals surface area contributed by atoms with Gasteiger partial charge in [0, 0.05) is 32.2 Å². The van der Waals surface area contributed by atoms with Crippen molar-refractivity contribution in [2.45, 2.75) is 19.9 Å². The summed E-state index contributed by atoms with van der Waals surface area (Å²) >= 11 is 0. The van der Waals surface area contributed by atoms with Crippen molar-refractivity contribution in [3.05, 3.63) is 51.8 Å². The molecule has 4 N–H and O–H groups in total. The number of carbonyl (C=O) groups is 1. The van der Waals surface area contributed by atoms with Crippen LogP contribution in [0.4, 0.5) is 11.8 Å². The fraction of sp³-hybridized carbons (Fsp3) is 0.421. The van der Waals surface area contributed by atoms with E-state index in [1.807, 2.05) is 43.0 Å². The molecule has 0 saturated carbocycles. The predicted octanol–water partition coefficient (Wildman–Crippen LogP) is 0.660. The lowest BCUT2D eigenvalue weighted by atomic mass is 10.1. The summed E-state index contributed by atoms with van der Waals surface area (Å²) in [4.78, 5) is 34.6. The van der Waals surface area contributed by atoms with Crippen LogP contribution in [0.25, 0.3) is 0 Å². The minimum Gasteiger partial charge on any atom is -0.369 e. The van der Waals surface area contributed by atoms with Gasteiger partial charge in [0.15, 0.2) is 0 Å². The number of carbonyl (C=O) groups excluding carboxylic acids is 1. The highest BCUT2D eigenvalue weighted by atomic mass is 16.2. The van der Waals surface area contributed by atoms with Crippen LogP contribution in [-0.2, 0) is 4.79 Å². The SMILES string of the molecule is Cc1ccc([C@H](C)NC(=O)CN2CCN(c3cc(=O)[nH]c(N)n3)CC2)cc1. The molecule has 0 unspecified atom stereocenters. The molecule has 1 aliphatic rings. The Hall–Kier alpha value is -2.87. The van der Waals surface area contributed by atoms with Gasteiger partial charge in [0.1, 0.15) is 5.82 Å². The van der Waals surface area contributed by atoms with Crippen LogP contribution in [-0.4, -0.2) is 53.5 Å². The molecule has 1 aliphatic heterocycles. The maximum absolute atomic E-state index is 12.4. The number of aryl methyl sites for hydroxylation is 1.